The third kappa shape index (κ3) is 6.32. The SMILES string of the molecule is CC(C)C[C@H]1O[C@@H](C)CC1OP(C)(=O)OC[C@H]1O[C@@H](C)CC1C(C)C. The van der Waals surface area contributed by atoms with E-state index in [2.05, 4.69) is 34.6 Å². The zero-order valence-corrected chi connectivity index (χ0v) is 17.8. The van der Waals surface area contributed by atoms with Crippen LogP contribution in [0.4, 0.5) is 0 Å². The lowest BCUT2D eigenvalue weighted by Crippen LogP contribution is -2.28. The molecule has 3 unspecified atom stereocenters. The first-order chi connectivity index (χ1) is 11.6. The van der Waals surface area contributed by atoms with Crippen molar-refractivity contribution in [2.45, 2.75) is 91.3 Å². The molecule has 0 N–H and O–H groups in total. The summed E-state index contributed by atoms with van der Waals surface area (Å²) < 4.78 is 36.4. The van der Waals surface area contributed by atoms with Gasteiger partial charge in [0.25, 0.3) is 0 Å². The van der Waals surface area contributed by atoms with Gasteiger partial charge in [-0.1, -0.05) is 27.7 Å². The standard InChI is InChI=1S/C19H37O5P/c1-12(2)8-17-18(10-15(6)22-17)24-25(7,20)21-11-19-16(13(3)4)9-14(5)23-19/h12-19H,8-11H2,1-7H3/t14-,15-,16?,17+,18?,19+,25?/m0/s1. The summed E-state index contributed by atoms with van der Waals surface area (Å²) in [5.41, 5.74) is 0. The average molecular weight is 376 g/mol. The molecule has 6 heteroatoms. The van der Waals surface area contributed by atoms with E-state index in [9.17, 15) is 4.57 Å². The van der Waals surface area contributed by atoms with Crippen LogP contribution in [0.3, 0.4) is 0 Å². The predicted octanol–water partition coefficient (Wildman–Crippen LogP) is 4.88. The first kappa shape index (κ1) is 21.4. The van der Waals surface area contributed by atoms with Crippen molar-refractivity contribution in [3.63, 3.8) is 0 Å². The largest absolute Gasteiger partial charge is 0.373 e. The van der Waals surface area contributed by atoms with Gasteiger partial charge in [-0.2, -0.15) is 0 Å². The van der Waals surface area contributed by atoms with Gasteiger partial charge in [-0.05, 0) is 44.4 Å². The smallest absolute Gasteiger partial charge is 0.328 e. The van der Waals surface area contributed by atoms with E-state index in [1.165, 1.54) is 0 Å². The molecule has 0 bridgehead atoms. The Kier molecular flexibility index (Phi) is 7.56. The van der Waals surface area contributed by atoms with Crippen LogP contribution in [-0.2, 0) is 23.1 Å². The third-order valence-corrected chi connectivity index (χ3v) is 6.51. The number of hydrogen-bond donors (Lipinski definition) is 0. The molecular weight excluding hydrogens is 339 g/mol. The summed E-state index contributed by atoms with van der Waals surface area (Å²) in [6.45, 7) is 14.8. The van der Waals surface area contributed by atoms with E-state index in [0.29, 0.717) is 24.4 Å². The lowest BCUT2D eigenvalue weighted by molar-refractivity contribution is -0.00892. The van der Waals surface area contributed by atoms with E-state index in [1.54, 1.807) is 6.66 Å². The van der Waals surface area contributed by atoms with E-state index in [0.717, 1.165) is 19.3 Å². The Morgan fingerprint density at radius 1 is 1.04 bits per heavy atom. The van der Waals surface area contributed by atoms with Crippen LogP contribution in [0, 0.1) is 17.8 Å². The highest BCUT2D eigenvalue weighted by molar-refractivity contribution is 7.53. The zero-order chi connectivity index (χ0) is 18.8. The Morgan fingerprint density at radius 2 is 1.64 bits per heavy atom. The van der Waals surface area contributed by atoms with Crippen LogP contribution in [0.1, 0.15) is 60.8 Å². The van der Waals surface area contributed by atoms with Crippen LogP contribution in [0.2, 0.25) is 0 Å². The molecule has 0 saturated carbocycles. The lowest BCUT2D eigenvalue weighted by atomic mass is 9.88. The molecule has 2 saturated heterocycles. The Bertz CT molecular complexity index is 467. The summed E-state index contributed by atoms with van der Waals surface area (Å²) in [6.07, 6.45) is 2.92. The van der Waals surface area contributed by atoms with E-state index < -0.39 is 7.60 Å². The molecule has 0 aromatic carbocycles. The van der Waals surface area contributed by atoms with Gasteiger partial charge in [0.15, 0.2) is 0 Å². The molecule has 5 nitrogen and oxygen atoms in total. The van der Waals surface area contributed by atoms with Gasteiger partial charge >= 0.3 is 7.60 Å². The third-order valence-electron chi connectivity index (χ3n) is 5.23. The van der Waals surface area contributed by atoms with E-state index in [1.807, 2.05) is 6.92 Å². The molecule has 0 aromatic heterocycles. The van der Waals surface area contributed by atoms with Crippen LogP contribution in [-0.4, -0.2) is 43.8 Å². The van der Waals surface area contributed by atoms with E-state index in [-0.39, 0.29) is 30.5 Å². The second-order valence-corrected chi connectivity index (χ2v) is 10.7. The van der Waals surface area contributed by atoms with Crippen molar-refractivity contribution >= 4 is 7.60 Å². The maximum atomic E-state index is 12.9. The molecule has 25 heavy (non-hydrogen) atoms. The Hall–Kier alpha value is 0.0700. The maximum absolute atomic E-state index is 12.9. The summed E-state index contributed by atoms with van der Waals surface area (Å²) in [7, 11) is -3.14. The molecule has 2 rings (SSSR count). The molecular formula is C19H37O5P. The number of rotatable bonds is 8. The minimum Gasteiger partial charge on any atom is -0.373 e. The minimum absolute atomic E-state index is 0.00181. The van der Waals surface area contributed by atoms with Gasteiger partial charge < -0.3 is 18.5 Å². The molecule has 0 amide bonds. The van der Waals surface area contributed by atoms with Crippen molar-refractivity contribution in [1.82, 2.24) is 0 Å². The van der Waals surface area contributed by atoms with E-state index in [4.69, 9.17) is 18.5 Å². The highest BCUT2D eigenvalue weighted by Gasteiger charge is 2.40. The van der Waals surface area contributed by atoms with Gasteiger partial charge in [-0.15, -0.1) is 0 Å². The Balaban J connectivity index is 1.89. The van der Waals surface area contributed by atoms with Gasteiger partial charge in [0.05, 0.1) is 37.1 Å². The van der Waals surface area contributed by atoms with Gasteiger partial charge in [0.1, 0.15) is 0 Å². The van der Waals surface area contributed by atoms with Crippen molar-refractivity contribution in [3.05, 3.63) is 0 Å². The van der Waals surface area contributed by atoms with Gasteiger partial charge in [-0.25, -0.2) is 0 Å². The molecule has 0 aromatic rings. The summed E-state index contributed by atoms with van der Waals surface area (Å²) in [4.78, 5) is 0. The number of hydrogen-bond acceptors (Lipinski definition) is 5. The Morgan fingerprint density at radius 3 is 2.24 bits per heavy atom. The summed E-state index contributed by atoms with van der Waals surface area (Å²) in [6, 6.07) is 0. The zero-order valence-electron chi connectivity index (χ0n) is 16.9. The average Bonchev–Trinajstić information content (AvgIpc) is 2.99. The summed E-state index contributed by atoms with van der Waals surface area (Å²) in [5.74, 6) is 1.48. The molecule has 2 aliphatic rings. The molecule has 0 spiro atoms. The fourth-order valence-electron chi connectivity index (χ4n) is 4.04. The van der Waals surface area contributed by atoms with Crippen LogP contribution in [0.25, 0.3) is 0 Å². The molecule has 148 valence electrons. The van der Waals surface area contributed by atoms with Gasteiger partial charge in [0.2, 0.25) is 0 Å². The molecule has 2 heterocycles. The Labute approximate surface area is 153 Å². The van der Waals surface area contributed by atoms with Crippen LogP contribution in [0.5, 0.6) is 0 Å². The minimum atomic E-state index is -3.14. The van der Waals surface area contributed by atoms with Crippen molar-refractivity contribution in [3.8, 4) is 0 Å². The van der Waals surface area contributed by atoms with Gasteiger partial charge in [0, 0.05) is 13.1 Å². The normalized spacial score (nSPS) is 38.6. The van der Waals surface area contributed by atoms with Crippen molar-refractivity contribution in [2.75, 3.05) is 13.3 Å². The fourth-order valence-corrected chi connectivity index (χ4v) is 5.24. The first-order valence-electron chi connectivity index (χ1n) is 9.78. The highest BCUT2D eigenvalue weighted by atomic mass is 31.2. The first-order valence-corrected chi connectivity index (χ1v) is 11.8. The molecule has 2 fully saturated rings. The van der Waals surface area contributed by atoms with Crippen molar-refractivity contribution < 1.29 is 23.1 Å². The number of ether oxygens (including phenoxy) is 2. The summed E-state index contributed by atoms with van der Waals surface area (Å²) in [5, 5.41) is 0. The van der Waals surface area contributed by atoms with Crippen molar-refractivity contribution in [2.24, 2.45) is 17.8 Å². The lowest BCUT2D eigenvalue weighted by Gasteiger charge is -2.26. The fraction of sp³-hybridized carbons (Fsp3) is 1.00. The quantitative estimate of drug-likeness (QED) is 0.565. The molecule has 0 aliphatic carbocycles. The maximum Gasteiger partial charge on any atom is 0.328 e. The molecule has 7 atom stereocenters. The second-order valence-electron chi connectivity index (χ2n) is 8.69. The molecule has 0 radical (unpaired) electrons. The van der Waals surface area contributed by atoms with Crippen LogP contribution >= 0.6 is 7.60 Å². The van der Waals surface area contributed by atoms with Crippen molar-refractivity contribution in [1.29, 1.82) is 0 Å². The molecule has 2 aliphatic heterocycles. The monoisotopic (exact) mass is 376 g/mol. The topological polar surface area (TPSA) is 54.0 Å². The van der Waals surface area contributed by atoms with E-state index >= 15 is 0 Å². The highest BCUT2D eigenvalue weighted by Crippen LogP contribution is 2.49. The van der Waals surface area contributed by atoms with Crippen LogP contribution in [0.15, 0.2) is 0 Å². The summed E-state index contributed by atoms with van der Waals surface area (Å²) >= 11 is 0. The van der Waals surface area contributed by atoms with Gasteiger partial charge in [-0.3, -0.25) is 4.57 Å². The second kappa shape index (κ2) is 8.84. The predicted molar refractivity (Wildman–Crippen MR) is 100 cm³/mol. The van der Waals surface area contributed by atoms with Crippen LogP contribution < -0.4 is 0 Å².